The molecule has 0 aromatic rings. The van der Waals surface area contributed by atoms with Gasteiger partial charge in [0.05, 0.1) is 5.41 Å². The molecule has 1 saturated carbocycles. The molecule has 0 aromatic carbocycles. The highest BCUT2D eigenvalue weighted by molar-refractivity contribution is 6.01. The molecule has 1 nitrogen and oxygen atoms in total. The Morgan fingerprint density at radius 1 is 2.00 bits per heavy atom. The molecule has 48 valence electrons. The Labute approximate surface area is 53.2 Å². The fraction of sp³-hybridized carbons (Fsp3) is 0.571. The van der Waals surface area contributed by atoms with Crippen molar-refractivity contribution in [2.45, 2.75) is 19.5 Å². The molecule has 0 aliphatic heterocycles. The average molecular weight is 126 g/mol. The molecule has 0 saturated heterocycles. The van der Waals surface area contributed by atoms with E-state index in [2.05, 4.69) is 0 Å². The Balaban J connectivity index is 2.67. The maximum Gasteiger partial charge on any atom is 0.214 e. The Morgan fingerprint density at radius 3 is 2.56 bits per heavy atom. The predicted octanol–water partition coefficient (Wildman–Crippen LogP) is 0.937. The molecule has 9 heavy (non-hydrogen) atoms. The van der Waals surface area contributed by atoms with Crippen LogP contribution in [0.4, 0.5) is 4.39 Å². The first-order chi connectivity index (χ1) is 4.11. The van der Waals surface area contributed by atoms with Gasteiger partial charge in [-0.05, 0) is 19.3 Å². The summed E-state index contributed by atoms with van der Waals surface area (Å²) >= 11 is 0. The van der Waals surface area contributed by atoms with Gasteiger partial charge in [0.25, 0.3) is 0 Å². The summed E-state index contributed by atoms with van der Waals surface area (Å²) in [6.45, 7) is 1.56. The summed E-state index contributed by atoms with van der Waals surface area (Å²) in [7, 11) is 0. The van der Waals surface area contributed by atoms with Crippen LogP contribution >= 0.6 is 0 Å². The maximum absolute atomic E-state index is 12.3. The van der Waals surface area contributed by atoms with Gasteiger partial charge >= 0.3 is 0 Å². The van der Waals surface area contributed by atoms with Crippen LogP contribution in [0.5, 0.6) is 0 Å². The molecule has 2 heteroatoms. The highest BCUT2D eigenvalue weighted by Crippen LogP contribution is 2.48. The van der Waals surface area contributed by atoms with E-state index in [0.29, 0.717) is 6.42 Å². The maximum atomic E-state index is 12.3. The van der Waals surface area contributed by atoms with Crippen molar-refractivity contribution in [1.29, 1.82) is 0 Å². The largest absolute Gasteiger partial charge is 0.284 e. The van der Waals surface area contributed by atoms with Gasteiger partial charge in [0.1, 0.15) is 6.17 Å². The van der Waals surface area contributed by atoms with Crippen LogP contribution in [0.25, 0.3) is 0 Å². The van der Waals surface area contributed by atoms with Gasteiger partial charge in [-0.3, -0.25) is 4.79 Å². The van der Waals surface area contributed by atoms with Crippen LogP contribution in [-0.2, 0) is 4.79 Å². The molecule has 0 N–H and O–H groups in total. The third kappa shape index (κ3) is 0.730. The van der Waals surface area contributed by atoms with E-state index in [9.17, 15) is 9.18 Å². The Bertz CT molecular complexity index is 192. The minimum absolute atomic E-state index is 0.302. The number of terminal acetylenes is 1. The number of carbonyl (C=O) groups is 1. The van der Waals surface area contributed by atoms with Crippen molar-refractivity contribution in [2.75, 3.05) is 0 Å². The first-order valence-corrected chi connectivity index (χ1v) is 2.76. The van der Waals surface area contributed by atoms with E-state index >= 15 is 0 Å². The molecule has 2 unspecified atom stereocenters. The van der Waals surface area contributed by atoms with Gasteiger partial charge in [-0.25, -0.2) is 4.39 Å². The lowest BCUT2D eigenvalue weighted by Crippen LogP contribution is -2.11. The first-order valence-electron chi connectivity index (χ1n) is 2.76. The zero-order valence-electron chi connectivity index (χ0n) is 5.15. The van der Waals surface area contributed by atoms with Gasteiger partial charge in [-0.1, -0.05) is 0 Å². The number of halogens is 1. The van der Waals surface area contributed by atoms with Crippen LogP contribution in [0.15, 0.2) is 0 Å². The number of Topliss-reactive ketones (excluding diaryl/α,β-unsaturated/α-hetero) is 1. The zero-order valence-corrected chi connectivity index (χ0v) is 5.15. The Hall–Kier alpha value is -0.840. The predicted molar refractivity (Wildman–Crippen MR) is 31.5 cm³/mol. The van der Waals surface area contributed by atoms with E-state index in [1.165, 1.54) is 0 Å². The van der Waals surface area contributed by atoms with Gasteiger partial charge in [-0.15, -0.1) is 6.42 Å². The van der Waals surface area contributed by atoms with Crippen molar-refractivity contribution >= 4 is 5.78 Å². The van der Waals surface area contributed by atoms with Crippen LogP contribution in [0.3, 0.4) is 0 Å². The van der Waals surface area contributed by atoms with Crippen molar-refractivity contribution in [3.63, 3.8) is 0 Å². The molecule has 0 radical (unpaired) electrons. The fourth-order valence-electron chi connectivity index (χ4n) is 0.713. The number of rotatable bonds is 1. The minimum atomic E-state index is -0.999. The van der Waals surface area contributed by atoms with Crippen molar-refractivity contribution in [2.24, 2.45) is 5.41 Å². The molecule has 0 spiro atoms. The molecular weight excluding hydrogens is 119 g/mol. The molecular formula is C7H7FO. The molecule has 1 aliphatic rings. The van der Waals surface area contributed by atoms with Crippen LogP contribution in [0, 0.1) is 17.8 Å². The van der Waals surface area contributed by atoms with E-state index in [1.807, 2.05) is 5.92 Å². The summed E-state index contributed by atoms with van der Waals surface area (Å²) in [6.07, 6.45) is 4.10. The van der Waals surface area contributed by atoms with E-state index in [1.54, 1.807) is 6.92 Å². The SMILES string of the molecule is C#CC(=O)C1(C)CC1F. The molecule has 0 heterocycles. The summed E-state index contributed by atoms with van der Waals surface area (Å²) in [6, 6.07) is 0. The van der Waals surface area contributed by atoms with Crippen molar-refractivity contribution in [3.8, 4) is 12.3 Å². The minimum Gasteiger partial charge on any atom is -0.284 e. The van der Waals surface area contributed by atoms with E-state index < -0.39 is 17.4 Å². The Morgan fingerprint density at radius 2 is 2.44 bits per heavy atom. The van der Waals surface area contributed by atoms with Crippen LogP contribution in [0.2, 0.25) is 0 Å². The topological polar surface area (TPSA) is 17.1 Å². The molecule has 2 atom stereocenters. The number of carbonyl (C=O) groups excluding carboxylic acids is 1. The number of ketones is 1. The van der Waals surface area contributed by atoms with Gasteiger partial charge in [0, 0.05) is 0 Å². The third-order valence-corrected chi connectivity index (χ3v) is 1.78. The summed E-state index contributed by atoms with van der Waals surface area (Å²) < 4.78 is 12.3. The monoisotopic (exact) mass is 126 g/mol. The second kappa shape index (κ2) is 1.57. The number of alkyl halides is 1. The van der Waals surface area contributed by atoms with E-state index in [-0.39, 0.29) is 0 Å². The Kier molecular flexibility index (Phi) is 1.10. The lowest BCUT2D eigenvalue weighted by molar-refractivity contribution is -0.118. The second-order valence-electron chi connectivity index (χ2n) is 2.56. The molecule has 0 bridgehead atoms. The highest BCUT2D eigenvalue weighted by Gasteiger charge is 2.56. The number of hydrogen-bond donors (Lipinski definition) is 0. The standard InChI is InChI=1S/C7H7FO/c1-3-6(9)7(2)4-5(7)8/h1,5H,4H2,2H3. The molecule has 1 fully saturated rings. The fourth-order valence-corrected chi connectivity index (χ4v) is 0.713. The summed E-state index contributed by atoms with van der Waals surface area (Å²) in [5.74, 6) is 1.51. The molecule has 1 aliphatic carbocycles. The molecule has 0 amide bonds. The van der Waals surface area contributed by atoms with Crippen molar-refractivity contribution in [1.82, 2.24) is 0 Å². The van der Waals surface area contributed by atoms with Gasteiger partial charge in [-0.2, -0.15) is 0 Å². The summed E-state index contributed by atoms with van der Waals surface area (Å²) in [4.78, 5) is 10.6. The quantitative estimate of drug-likeness (QED) is 0.377. The molecule has 1 rings (SSSR count). The van der Waals surface area contributed by atoms with Gasteiger partial charge < -0.3 is 0 Å². The normalized spacial score (nSPS) is 39.4. The third-order valence-electron chi connectivity index (χ3n) is 1.78. The summed E-state index contributed by atoms with van der Waals surface area (Å²) in [5, 5.41) is 0. The zero-order chi connectivity index (χ0) is 7.07. The van der Waals surface area contributed by atoms with E-state index in [4.69, 9.17) is 6.42 Å². The van der Waals surface area contributed by atoms with Gasteiger partial charge in [0.2, 0.25) is 5.78 Å². The van der Waals surface area contributed by atoms with E-state index in [0.717, 1.165) is 0 Å². The van der Waals surface area contributed by atoms with Crippen molar-refractivity contribution < 1.29 is 9.18 Å². The molecule has 0 aromatic heterocycles. The highest BCUT2D eigenvalue weighted by atomic mass is 19.1. The lowest BCUT2D eigenvalue weighted by Gasteiger charge is -1.96. The van der Waals surface area contributed by atoms with Gasteiger partial charge in [0.15, 0.2) is 0 Å². The number of hydrogen-bond acceptors (Lipinski definition) is 1. The van der Waals surface area contributed by atoms with Crippen LogP contribution in [-0.4, -0.2) is 12.0 Å². The average Bonchev–Trinajstić information content (AvgIpc) is 2.41. The first kappa shape index (κ1) is 6.28. The summed E-state index contributed by atoms with van der Waals surface area (Å²) in [5.41, 5.74) is -0.825. The van der Waals surface area contributed by atoms with Crippen molar-refractivity contribution in [3.05, 3.63) is 0 Å². The van der Waals surface area contributed by atoms with Crippen LogP contribution in [0.1, 0.15) is 13.3 Å². The lowest BCUT2D eigenvalue weighted by atomic mass is 10.1. The smallest absolute Gasteiger partial charge is 0.214 e. The van der Waals surface area contributed by atoms with Crippen LogP contribution < -0.4 is 0 Å². The second-order valence-corrected chi connectivity index (χ2v) is 2.56.